The first-order valence-corrected chi connectivity index (χ1v) is 12.0. The maximum absolute atomic E-state index is 13.0. The topological polar surface area (TPSA) is 91.4 Å². The molecule has 0 atom stereocenters. The monoisotopic (exact) mass is 447 g/mol. The maximum Gasteiger partial charge on any atom is 0.246 e. The Hall–Kier alpha value is -2.43. The number of methoxy groups -OCH3 is 1. The van der Waals surface area contributed by atoms with E-state index in [9.17, 15) is 8.42 Å². The molecule has 0 saturated carbocycles. The van der Waals surface area contributed by atoms with Crippen LogP contribution < -0.4 is 9.64 Å². The Balaban J connectivity index is 1.41. The van der Waals surface area contributed by atoms with E-state index in [0.29, 0.717) is 42.5 Å². The summed E-state index contributed by atoms with van der Waals surface area (Å²) in [4.78, 5) is 7.22. The van der Waals surface area contributed by atoms with Crippen LogP contribution in [-0.4, -0.2) is 61.2 Å². The van der Waals surface area contributed by atoms with Crippen LogP contribution in [0.3, 0.4) is 0 Å². The molecule has 0 spiro atoms. The van der Waals surface area contributed by atoms with Crippen molar-refractivity contribution in [1.29, 1.82) is 0 Å². The first-order valence-electron chi connectivity index (χ1n) is 9.72. The minimum Gasteiger partial charge on any atom is -0.497 e. The van der Waals surface area contributed by atoms with E-state index in [4.69, 9.17) is 9.72 Å². The zero-order valence-corrected chi connectivity index (χ0v) is 18.9. The Kier molecular flexibility index (Phi) is 5.81. The zero-order valence-electron chi connectivity index (χ0n) is 17.3. The summed E-state index contributed by atoms with van der Waals surface area (Å²) >= 11 is 1.60. The molecule has 8 nitrogen and oxygen atoms in total. The van der Waals surface area contributed by atoms with Gasteiger partial charge in [-0.2, -0.15) is 9.40 Å². The van der Waals surface area contributed by atoms with Crippen LogP contribution in [0.1, 0.15) is 22.6 Å². The molecular formula is C20H25N5O3S2. The van der Waals surface area contributed by atoms with Crippen molar-refractivity contribution in [3.63, 3.8) is 0 Å². The summed E-state index contributed by atoms with van der Waals surface area (Å²) in [5.41, 5.74) is 3.24. The quantitative estimate of drug-likeness (QED) is 0.625. The summed E-state index contributed by atoms with van der Waals surface area (Å²) in [6, 6.07) is 7.98. The molecule has 0 unspecified atom stereocenters. The Labute approximate surface area is 180 Å². The molecule has 0 bridgehead atoms. The van der Waals surface area contributed by atoms with Crippen LogP contribution in [0.5, 0.6) is 5.75 Å². The molecule has 1 fully saturated rings. The van der Waals surface area contributed by atoms with Gasteiger partial charge < -0.3 is 9.64 Å². The van der Waals surface area contributed by atoms with E-state index >= 15 is 0 Å². The number of thiazole rings is 1. The fourth-order valence-electron chi connectivity index (χ4n) is 3.68. The second-order valence-electron chi connectivity index (χ2n) is 7.30. The Morgan fingerprint density at radius 3 is 2.63 bits per heavy atom. The lowest BCUT2D eigenvalue weighted by Gasteiger charge is -2.33. The van der Waals surface area contributed by atoms with Gasteiger partial charge in [0, 0.05) is 38.0 Å². The van der Waals surface area contributed by atoms with Gasteiger partial charge in [-0.15, -0.1) is 11.3 Å². The lowest BCUT2D eigenvalue weighted by atomic mass is 10.1. The number of aromatic amines is 1. The molecule has 3 aromatic rings. The summed E-state index contributed by atoms with van der Waals surface area (Å²) < 4.78 is 32.9. The highest BCUT2D eigenvalue weighted by molar-refractivity contribution is 7.89. The van der Waals surface area contributed by atoms with Crippen molar-refractivity contribution < 1.29 is 13.2 Å². The summed E-state index contributed by atoms with van der Waals surface area (Å²) in [5, 5.41) is 9.79. The second-order valence-corrected chi connectivity index (χ2v) is 10.0. The molecule has 1 aliphatic rings. The largest absolute Gasteiger partial charge is 0.497 e. The summed E-state index contributed by atoms with van der Waals surface area (Å²) in [5.74, 6) is 0.836. The lowest BCUT2D eigenvalue weighted by molar-refractivity contribution is 0.384. The number of ether oxygens (including phenoxy) is 1. The highest BCUT2D eigenvalue weighted by atomic mass is 32.2. The number of benzene rings is 1. The fourth-order valence-corrected chi connectivity index (χ4v) is 6.32. The van der Waals surface area contributed by atoms with Crippen molar-refractivity contribution in [3.8, 4) is 5.75 Å². The summed E-state index contributed by atoms with van der Waals surface area (Å²) in [7, 11) is -1.88. The summed E-state index contributed by atoms with van der Waals surface area (Å²) in [6.07, 6.45) is 0.737. The van der Waals surface area contributed by atoms with Crippen molar-refractivity contribution in [2.24, 2.45) is 0 Å². The average molecular weight is 448 g/mol. The van der Waals surface area contributed by atoms with Gasteiger partial charge in [-0.3, -0.25) is 5.10 Å². The van der Waals surface area contributed by atoms with Crippen molar-refractivity contribution in [1.82, 2.24) is 19.5 Å². The van der Waals surface area contributed by atoms with Crippen molar-refractivity contribution in [3.05, 3.63) is 52.3 Å². The molecule has 0 amide bonds. The van der Waals surface area contributed by atoms with E-state index in [1.165, 1.54) is 0 Å². The number of H-pyrrole nitrogens is 1. The number of nitrogens with zero attached hydrogens (tertiary/aromatic N) is 4. The standard InChI is InChI=1S/C20H25N5O3S2/c1-14-19(15(2)23-22-14)30(26,27)25-9-7-24(8-10-25)20-21-17(13-29-20)11-16-5-4-6-18(12-16)28-3/h4-6,12-13H,7-11H2,1-3H3,(H,22,23). The Morgan fingerprint density at radius 2 is 1.97 bits per heavy atom. The van der Waals surface area contributed by atoms with Crippen molar-refractivity contribution in [2.45, 2.75) is 25.2 Å². The predicted molar refractivity (Wildman–Crippen MR) is 117 cm³/mol. The number of hydrogen-bond donors (Lipinski definition) is 1. The Morgan fingerprint density at radius 1 is 1.20 bits per heavy atom. The minimum atomic E-state index is -3.54. The molecule has 160 valence electrons. The van der Waals surface area contributed by atoms with Crippen molar-refractivity contribution in [2.75, 3.05) is 38.2 Å². The number of rotatable bonds is 6. The third-order valence-electron chi connectivity index (χ3n) is 5.23. The number of piperazine rings is 1. The van der Waals surface area contributed by atoms with Crippen LogP contribution in [0.4, 0.5) is 5.13 Å². The molecule has 1 saturated heterocycles. The van der Waals surface area contributed by atoms with Gasteiger partial charge in [-0.25, -0.2) is 13.4 Å². The molecule has 2 aromatic heterocycles. The number of aromatic nitrogens is 3. The van der Waals surface area contributed by atoms with Crippen LogP contribution in [0.25, 0.3) is 0 Å². The summed E-state index contributed by atoms with van der Waals surface area (Å²) in [6.45, 7) is 5.53. The molecule has 3 heterocycles. The van der Waals surface area contributed by atoms with Crippen LogP contribution >= 0.6 is 11.3 Å². The van der Waals surface area contributed by atoms with E-state index in [-0.39, 0.29) is 0 Å². The number of anilines is 1. The minimum absolute atomic E-state index is 0.297. The van der Waals surface area contributed by atoms with Gasteiger partial charge in [0.15, 0.2) is 5.13 Å². The second kappa shape index (κ2) is 8.37. The lowest BCUT2D eigenvalue weighted by Crippen LogP contribution is -2.48. The number of nitrogens with one attached hydrogen (secondary N) is 1. The normalized spacial score (nSPS) is 15.5. The van der Waals surface area contributed by atoms with E-state index in [2.05, 4.69) is 26.5 Å². The highest BCUT2D eigenvalue weighted by Gasteiger charge is 2.32. The van der Waals surface area contributed by atoms with Gasteiger partial charge in [0.1, 0.15) is 10.6 Å². The van der Waals surface area contributed by atoms with Crippen molar-refractivity contribution >= 4 is 26.5 Å². The molecule has 30 heavy (non-hydrogen) atoms. The van der Waals surface area contributed by atoms with E-state index < -0.39 is 10.0 Å². The van der Waals surface area contributed by atoms with Gasteiger partial charge >= 0.3 is 0 Å². The molecule has 0 aliphatic carbocycles. The SMILES string of the molecule is COc1cccc(Cc2csc(N3CCN(S(=O)(=O)c4c(C)n[nH]c4C)CC3)n2)c1. The first-order chi connectivity index (χ1) is 14.4. The first kappa shape index (κ1) is 20.8. The van der Waals surface area contributed by atoms with E-state index in [0.717, 1.165) is 28.6 Å². The highest BCUT2D eigenvalue weighted by Crippen LogP contribution is 2.27. The third-order valence-corrected chi connectivity index (χ3v) is 8.34. The van der Waals surface area contributed by atoms with Crippen LogP contribution in [-0.2, 0) is 16.4 Å². The molecule has 0 radical (unpaired) electrons. The van der Waals surface area contributed by atoms with Crippen LogP contribution in [0.15, 0.2) is 34.5 Å². The maximum atomic E-state index is 13.0. The molecule has 4 rings (SSSR count). The van der Waals surface area contributed by atoms with E-state index in [1.807, 2.05) is 18.2 Å². The van der Waals surface area contributed by atoms with Crippen LogP contribution in [0, 0.1) is 13.8 Å². The molecule has 1 aliphatic heterocycles. The zero-order chi connectivity index (χ0) is 21.3. The molecule has 1 N–H and O–H groups in total. The fraction of sp³-hybridized carbons (Fsp3) is 0.400. The predicted octanol–water partition coefficient (Wildman–Crippen LogP) is 2.59. The van der Waals surface area contributed by atoms with Gasteiger partial charge in [-0.1, -0.05) is 12.1 Å². The molecule has 10 heteroatoms. The molecular weight excluding hydrogens is 422 g/mol. The van der Waals surface area contributed by atoms with Gasteiger partial charge in [0.2, 0.25) is 10.0 Å². The average Bonchev–Trinajstić information content (AvgIpc) is 3.34. The van der Waals surface area contributed by atoms with Gasteiger partial charge in [0.05, 0.1) is 24.2 Å². The number of hydrogen-bond acceptors (Lipinski definition) is 7. The van der Waals surface area contributed by atoms with Crippen LogP contribution in [0.2, 0.25) is 0 Å². The molecule has 1 aromatic carbocycles. The van der Waals surface area contributed by atoms with Gasteiger partial charge in [0.25, 0.3) is 0 Å². The third kappa shape index (κ3) is 4.07. The van der Waals surface area contributed by atoms with E-state index in [1.54, 1.807) is 36.6 Å². The Bertz CT molecular complexity index is 1110. The number of aryl methyl sites for hydroxylation is 2. The smallest absolute Gasteiger partial charge is 0.246 e. The van der Waals surface area contributed by atoms with Gasteiger partial charge in [-0.05, 0) is 31.5 Å². The number of sulfonamides is 1.